The second kappa shape index (κ2) is 3.05. The first kappa shape index (κ1) is 9.52. The second-order valence-electron chi connectivity index (χ2n) is 3.42. The Balaban J connectivity index is 3.00. The Morgan fingerprint density at radius 2 is 2.00 bits per heavy atom. The topological polar surface area (TPSA) is 34.1 Å². The third-order valence-electron chi connectivity index (χ3n) is 2.29. The molecule has 0 spiro atoms. The number of sulfone groups is 1. The highest BCUT2D eigenvalue weighted by molar-refractivity contribution is 7.94. The summed E-state index contributed by atoms with van der Waals surface area (Å²) in [5.41, 5.74) is 1.25. The van der Waals surface area contributed by atoms with Crippen molar-refractivity contribution < 1.29 is 8.42 Å². The molecular formula is C9H14O2S. The lowest BCUT2D eigenvalue weighted by molar-refractivity contribution is 0.597. The molecule has 0 saturated heterocycles. The lowest BCUT2D eigenvalue weighted by atomic mass is 9.95. The van der Waals surface area contributed by atoms with Crippen LogP contribution in [0.4, 0.5) is 0 Å². The van der Waals surface area contributed by atoms with E-state index in [1.54, 1.807) is 6.08 Å². The van der Waals surface area contributed by atoms with E-state index >= 15 is 0 Å². The van der Waals surface area contributed by atoms with Crippen LogP contribution in [0.15, 0.2) is 22.6 Å². The predicted octanol–water partition coefficient (Wildman–Crippen LogP) is 1.90. The van der Waals surface area contributed by atoms with Gasteiger partial charge >= 0.3 is 0 Å². The molecule has 12 heavy (non-hydrogen) atoms. The van der Waals surface area contributed by atoms with Gasteiger partial charge in [-0.25, -0.2) is 8.42 Å². The Morgan fingerprint density at radius 1 is 1.42 bits per heavy atom. The van der Waals surface area contributed by atoms with Gasteiger partial charge in [0.05, 0.1) is 0 Å². The molecule has 0 aromatic rings. The zero-order valence-electron chi connectivity index (χ0n) is 7.66. The van der Waals surface area contributed by atoms with Gasteiger partial charge in [0, 0.05) is 11.2 Å². The van der Waals surface area contributed by atoms with Gasteiger partial charge in [0.1, 0.15) is 0 Å². The van der Waals surface area contributed by atoms with Crippen molar-refractivity contribution in [2.75, 3.05) is 6.26 Å². The summed E-state index contributed by atoms with van der Waals surface area (Å²) in [6, 6.07) is 0. The summed E-state index contributed by atoms with van der Waals surface area (Å²) >= 11 is 0. The molecular weight excluding hydrogens is 172 g/mol. The molecule has 1 aliphatic rings. The standard InChI is InChI=1S/C9H14O2S/c1-7-4-5-9(6-8(7)2)12(3,10)11/h4-5,8H,6H2,1-3H3. The van der Waals surface area contributed by atoms with E-state index in [2.05, 4.69) is 0 Å². The minimum absolute atomic E-state index is 0.361. The summed E-state index contributed by atoms with van der Waals surface area (Å²) in [4.78, 5) is 0.556. The lowest BCUT2D eigenvalue weighted by Crippen LogP contribution is -2.09. The molecule has 0 aromatic carbocycles. The van der Waals surface area contributed by atoms with Gasteiger partial charge in [-0.1, -0.05) is 18.6 Å². The summed E-state index contributed by atoms with van der Waals surface area (Å²) in [6.45, 7) is 4.07. The van der Waals surface area contributed by atoms with E-state index in [-0.39, 0.29) is 0 Å². The largest absolute Gasteiger partial charge is 0.224 e. The molecule has 0 radical (unpaired) electrons. The zero-order chi connectivity index (χ0) is 9.35. The average molecular weight is 186 g/mol. The summed E-state index contributed by atoms with van der Waals surface area (Å²) in [5, 5.41) is 0. The van der Waals surface area contributed by atoms with Gasteiger partial charge in [-0.15, -0.1) is 0 Å². The Bertz CT molecular complexity index is 334. The molecule has 0 aromatic heterocycles. The smallest absolute Gasteiger partial charge is 0.171 e. The number of rotatable bonds is 1. The second-order valence-corrected chi connectivity index (χ2v) is 5.49. The van der Waals surface area contributed by atoms with E-state index in [0.717, 1.165) is 0 Å². The molecule has 0 saturated carbocycles. The maximum absolute atomic E-state index is 11.1. The summed E-state index contributed by atoms with van der Waals surface area (Å²) < 4.78 is 22.3. The monoisotopic (exact) mass is 186 g/mol. The van der Waals surface area contributed by atoms with E-state index in [1.165, 1.54) is 11.8 Å². The van der Waals surface area contributed by atoms with Gasteiger partial charge in [-0.2, -0.15) is 0 Å². The highest BCUT2D eigenvalue weighted by Gasteiger charge is 2.18. The summed E-state index contributed by atoms with van der Waals surface area (Å²) in [6.07, 6.45) is 5.52. The van der Waals surface area contributed by atoms with Gasteiger partial charge in [0.25, 0.3) is 0 Å². The van der Waals surface area contributed by atoms with Gasteiger partial charge in [-0.05, 0) is 25.3 Å². The zero-order valence-corrected chi connectivity index (χ0v) is 8.48. The predicted molar refractivity (Wildman–Crippen MR) is 50.5 cm³/mol. The molecule has 0 N–H and O–H groups in total. The van der Waals surface area contributed by atoms with Crippen molar-refractivity contribution in [3.05, 3.63) is 22.6 Å². The third-order valence-corrected chi connectivity index (χ3v) is 3.55. The number of allylic oxidation sites excluding steroid dienone is 4. The van der Waals surface area contributed by atoms with Crippen LogP contribution in [-0.4, -0.2) is 14.7 Å². The molecule has 3 heteroatoms. The molecule has 1 aliphatic carbocycles. The van der Waals surface area contributed by atoms with Crippen LogP contribution in [0.2, 0.25) is 0 Å². The minimum atomic E-state index is -2.97. The van der Waals surface area contributed by atoms with Crippen LogP contribution in [0.5, 0.6) is 0 Å². The fourth-order valence-corrected chi connectivity index (χ4v) is 2.06. The maximum Gasteiger partial charge on any atom is 0.171 e. The molecule has 68 valence electrons. The van der Waals surface area contributed by atoms with Crippen LogP contribution in [0.3, 0.4) is 0 Å². The summed E-state index contributed by atoms with van der Waals surface area (Å²) in [5.74, 6) is 0.361. The van der Waals surface area contributed by atoms with Gasteiger partial charge in [0.15, 0.2) is 9.84 Å². The lowest BCUT2D eigenvalue weighted by Gasteiger charge is -2.17. The van der Waals surface area contributed by atoms with Crippen LogP contribution >= 0.6 is 0 Å². The molecule has 0 bridgehead atoms. The van der Waals surface area contributed by atoms with Crippen molar-refractivity contribution in [2.24, 2.45) is 5.92 Å². The van der Waals surface area contributed by atoms with E-state index in [9.17, 15) is 8.42 Å². The van der Waals surface area contributed by atoms with Crippen molar-refractivity contribution in [3.8, 4) is 0 Å². The average Bonchev–Trinajstić information content (AvgIpc) is 1.92. The third kappa shape index (κ3) is 1.97. The van der Waals surface area contributed by atoms with Crippen molar-refractivity contribution in [1.82, 2.24) is 0 Å². The first-order chi connectivity index (χ1) is 5.41. The van der Waals surface area contributed by atoms with E-state index < -0.39 is 9.84 Å². The van der Waals surface area contributed by atoms with Crippen LogP contribution in [0, 0.1) is 5.92 Å². The van der Waals surface area contributed by atoms with E-state index in [0.29, 0.717) is 17.2 Å². The molecule has 1 rings (SSSR count). The van der Waals surface area contributed by atoms with Crippen LogP contribution in [-0.2, 0) is 9.84 Å². The highest BCUT2D eigenvalue weighted by atomic mass is 32.2. The normalized spacial score (nSPS) is 24.8. The van der Waals surface area contributed by atoms with E-state index in [1.807, 2.05) is 19.9 Å². The fraction of sp³-hybridized carbons (Fsp3) is 0.556. The quantitative estimate of drug-likeness (QED) is 0.626. The molecule has 1 unspecified atom stereocenters. The van der Waals surface area contributed by atoms with Gasteiger partial charge < -0.3 is 0 Å². The Labute approximate surface area is 73.9 Å². The van der Waals surface area contributed by atoms with Gasteiger partial charge in [0.2, 0.25) is 0 Å². The van der Waals surface area contributed by atoms with Crippen LogP contribution < -0.4 is 0 Å². The Kier molecular flexibility index (Phi) is 2.42. The Morgan fingerprint density at radius 3 is 2.42 bits per heavy atom. The highest BCUT2D eigenvalue weighted by Crippen LogP contribution is 2.26. The first-order valence-corrected chi connectivity index (χ1v) is 5.88. The fourth-order valence-electron chi connectivity index (χ4n) is 1.19. The molecule has 0 heterocycles. The summed E-state index contributed by atoms with van der Waals surface area (Å²) in [7, 11) is -2.97. The molecule has 2 nitrogen and oxygen atoms in total. The SMILES string of the molecule is CC1=CC=C(S(C)(=O)=O)CC1C. The first-order valence-electron chi connectivity index (χ1n) is 3.98. The molecule has 0 fully saturated rings. The molecule has 0 aliphatic heterocycles. The molecule has 1 atom stereocenters. The van der Waals surface area contributed by atoms with Crippen molar-refractivity contribution in [2.45, 2.75) is 20.3 Å². The van der Waals surface area contributed by atoms with Crippen LogP contribution in [0.25, 0.3) is 0 Å². The number of hydrogen-bond donors (Lipinski definition) is 0. The minimum Gasteiger partial charge on any atom is -0.224 e. The van der Waals surface area contributed by atoms with E-state index in [4.69, 9.17) is 0 Å². The van der Waals surface area contributed by atoms with Crippen molar-refractivity contribution >= 4 is 9.84 Å². The van der Waals surface area contributed by atoms with Crippen molar-refractivity contribution in [3.63, 3.8) is 0 Å². The van der Waals surface area contributed by atoms with Gasteiger partial charge in [-0.3, -0.25) is 0 Å². The number of hydrogen-bond acceptors (Lipinski definition) is 2. The van der Waals surface area contributed by atoms with Crippen LogP contribution in [0.1, 0.15) is 20.3 Å². The molecule has 0 amide bonds. The van der Waals surface area contributed by atoms with Crippen molar-refractivity contribution in [1.29, 1.82) is 0 Å². The Hall–Kier alpha value is -0.570. The maximum atomic E-state index is 11.1.